The zero-order chi connectivity index (χ0) is 31.4. The first-order valence-corrected chi connectivity index (χ1v) is 24.8. The molecule has 0 aliphatic carbocycles. The molecule has 14 heteroatoms. The molecule has 0 atom stereocenters. The van der Waals surface area contributed by atoms with Crippen LogP contribution in [-0.2, 0) is 29.6 Å². The van der Waals surface area contributed by atoms with Crippen LogP contribution < -0.4 is 10.6 Å². The molecule has 2 amide bonds. The van der Waals surface area contributed by atoms with Gasteiger partial charge in [-0.05, 0) is 25.7 Å². The Bertz CT molecular complexity index is 1330. The van der Waals surface area contributed by atoms with Gasteiger partial charge in [0.1, 0.15) is 0 Å². The third-order valence-corrected chi connectivity index (χ3v) is 19.1. The Morgan fingerprint density at radius 1 is 0.568 bits per heavy atom. The Hall–Kier alpha value is -1.76. The van der Waals surface area contributed by atoms with Crippen molar-refractivity contribution >= 4 is 69.5 Å². The van der Waals surface area contributed by atoms with Gasteiger partial charge >= 0.3 is 236 Å². The zero-order valence-electron chi connectivity index (χ0n) is 24.9. The number of carbonyl (C=O) groups is 2. The van der Waals surface area contributed by atoms with Crippen LogP contribution in [0.1, 0.15) is 64.2 Å². The molecule has 10 nitrogen and oxygen atoms in total. The Kier molecular flexibility index (Phi) is 13.8. The molecule has 0 radical (unpaired) electrons. The van der Waals surface area contributed by atoms with Crippen LogP contribution >= 0.6 is 0 Å². The molecule has 2 fully saturated rings. The fraction of sp³-hybridized carbons (Fsp3) is 0.533. The van der Waals surface area contributed by atoms with E-state index >= 15 is 0 Å². The van der Waals surface area contributed by atoms with Crippen molar-refractivity contribution in [1.29, 1.82) is 0 Å². The molecule has 2 aliphatic heterocycles. The molecular formula is C30H42N4O6S2Se2. The number of sulfonamides is 2. The van der Waals surface area contributed by atoms with Crippen molar-refractivity contribution < 1.29 is 26.4 Å². The van der Waals surface area contributed by atoms with E-state index in [0.717, 1.165) is 62.0 Å². The number of benzene rings is 2. The van der Waals surface area contributed by atoms with E-state index in [1.54, 1.807) is 48.5 Å². The van der Waals surface area contributed by atoms with Gasteiger partial charge in [0, 0.05) is 0 Å². The van der Waals surface area contributed by atoms with Gasteiger partial charge in [-0.2, -0.15) is 0 Å². The number of nitrogens with zero attached hydrogens (tertiary/aromatic N) is 2. The van der Waals surface area contributed by atoms with Gasteiger partial charge in [0.2, 0.25) is 0 Å². The zero-order valence-corrected chi connectivity index (χ0v) is 30.0. The fourth-order valence-electron chi connectivity index (χ4n) is 5.08. The summed E-state index contributed by atoms with van der Waals surface area (Å²) in [5.74, 6) is -0.150. The minimum absolute atomic E-state index is 0.0752. The van der Waals surface area contributed by atoms with Crippen molar-refractivity contribution in [1.82, 2.24) is 8.61 Å². The minimum atomic E-state index is -3.48. The van der Waals surface area contributed by atoms with Crippen molar-refractivity contribution in [2.75, 3.05) is 36.8 Å². The van der Waals surface area contributed by atoms with E-state index in [-0.39, 0.29) is 21.6 Å². The van der Waals surface area contributed by atoms with E-state index in [2.05, 4.69) is 10.6 Å². The van der Waals surface area contributed by atoms with Gasteiger partial charge in [0.05, 0.1) is 0 Å². The molecule has 2 N–H and O–H groups in total. The van der Waals surface area contributed by atoms with Crippen LogP contribution in [-0.4, -0.2) is 89.7 Å². The Labute approximate surface area is 273 Å². The van der Waals surface area contributed by atoms with Gasteiger partial charge in [-0.15, -0.1) is 0 Å². The number of amides is 2. The number of carbonyl (C=O) groups excluding carboxylic acids is 2. The second-order valence-electron chi connectivity index (χ2n) is 10.9. The van der Waals surface area contributed by atoms with Crippen LogP contribution in [0.15, 0.2) is 58.3 Å². The van der Waals surface area contributed by atoms with Crippen LogP contribution in [0.2, 0.25) is 10.6 Å². The normalized spacial score (nSPS) is 16.8. The second kappa shape index (κ2) is 17.2. The molecule has 4 rings (SSSR count). The van der Waals surface area contributed by atoms with Crippen molar-refractivity contribution in [3.8, 4) is 0 Å². The average molecular weight is 777 g/mol. The van der Waals surface area contributed by atoms with E-state index in [0.29, 0.717) is 76.7 Å². The fourth-order valence-corrected chi connectivity index (χ4v) is 14.8. The standard InChI is InChI=1S/C30H42N4O6S2Se2/c35-29(31-25-11-15-27(16-12-25)41(37,38)33-19-3-1-4-20-33)9-7-23-43-44-24-8-10-30(36)32-26-13-17-28(18-14-26)42(39,40)34-21-5-2-6-22-34/h11-18H,1-10,19-24H2,(H,31,35)(H,32,36). The SMILES string of the molecule is O=C(CCC[Se][Se]CCCC(=O)Nc1ccc(S(=O)(=O)N2CCCCC2)cc1)Nc1ccc(S(=O)(=O)N2CCCCC2)cc1. The van der Waals surface area contributed by atoms with Gasteiger partial charge in [-0.3, -0.25) is 0 Å². The van der Waals surface area contributed by atoms with Gasteiger partial charge in [0.15, 0.2) is 0 Å². The predicted octanol–water partition coefficient (Wildman–Crippen LogP) is 4.33. The van der Waals surface area contributed by atoms with Gasteiger partial charge in [-0.1, -0.05) is 12.8 Å². The molecule has 0 bridgehead atoms. The summed E-state index contributed by atoms with van der Waals surface area (Å²) in [6, 6.07) is 12.8. The van der Waals surface area contributed by atoms with Crippen molar-refractivity contribution in [3.63, 3.8) is 0 Å². The number of rotatable bonds is 15. The van der Waals surface area contributed by atoms with Crippen molar-refractivity contribution in [2.45, 2.75) is 84.6 Å². The first-order valence-electron chi connectivity index (χ1n) is 15.2. The van der Waals surface area contributed by atoms with Crippen molar-refractivity contribution in [2.24, 2.45) is 0 Å². The number of hydrogen-bond acceptors (Lipinski definition) is 6. The molecule has 0 spiro atoms. The number of anilines is 2. The van der Waals surface area contributed by atoms with Crippen molar-refractivity contribution in [3.05, 3.63) is 48.5 Å². The Morgan fingerprint density at radius 3 is 1.25 bits per heavy atom. The van der Waals surface area contributed by atoms with Crippen LogP contribution in [0.25, 0.3) is 0 Å². The number of hydrogen-bond donors (Lipinski definition) is 2. The topological polar surface area (TPSA) is 133 Å². The molecule has 0 aromatic heterocycles. The van der Waals surface area contributed by atoms with Crippen LogP contribution in [0, 0.1) is 0 Å². The van der Waals surface area contributed by atoms with E-state index < -0.39 is 20.0 Å². The van der Waals surface area contributed by atoms with Crippen LogP contribution in [0.4, 0.5) is 11.4 Å². The molecule has 2 aromatic carbocycles. The summed E-state index contributed by atoms with van der Waals surface area (Å²) in [7, 11) is -6.96. The molecule has 2 heterocycles. The third-order valence-electron chi connectivity index (χ3n) is 7.53. The maximum absolute atomic E-state index is 12.8. The van der Waals surface area contributed by atoms with Crippen LogP contribution in [0.3, 0.4) is 0 Å². The summed E-state index contributed by atoms with van der Waals surface area (Å²) >= 11 is 0.924. The third kappa shape index (κ3) is 10.4. The summed E-state index contributed by atoms with van der Waals surface area (Å²) in [5, 5.41) is 7.73. The molecule has 0 unspecified atom stereocenters. The summed E-state index contributed by atoms with van der Waals surface area (Å²) in [6.07, 6.45) is 8.13. The molecule has 242 valence electrons. The van der Waals surface area contributed by atoms with E-state index in [9.17, 15) is 26.4 Å². The second-order valence-corrected chi connectivity index (χ2v) is 22.6. The van der Waals surface area contributed by atoms with E-state index in [4.69, 9.17) is 0 Å². The average Bonchev–Trinajstić information content (AvgIpc) is 3.03. The van der Waals surface area contributed by atoms with E-state index in [1.807, 2.05) is 0 Å². The molecule has 2 aliphatic rings. The quantitative estimate of drug-likeness (QED) is 0.205. The van der Waals surface area contributed by atoms with Gasteiger partial charge in [0.25, 0.3) is 0 Å². The Balaban J connectivity index is 1.05. The number of piperidine rings is 2. The van der Waals surface area contributed by atoms with E-state index in [1.165, 1.54) is 8.61 Å². The Morgan fingerprint density at radius 2 is 0.909 bits per heavy atom. The molecule has 44 heavy (non-hydrogen) atoms. The van der Waals surface area contributed by atoms with Crippen LogP contribution in [0.5, 0.6) is 0 Å². The maximum atomic E-state index is 12.8. The summed E-state index contributed by atoms with van der Waals surface area (Å²) in [5.41, 5.74) is 1.19. The summed E-state index contributed by atoms with van der Waals surface area (Å²) < 4.78 is 54.2. The number of nitrogens with one attached hydrogen (secondary N) is 2. The van der Waals surface area contributed by atoms with Gasteiger partial charge in [-0.25, -0.2) is 0 Å². The molecular weight excluding hydrogens is 734 g/mol. The molecule has 2 saturated heterocycles. The summed E-state index contributed by atoms with van der Waals surface area (Å²) in [4.78, 5) is 25.2. The first-order chi connectivity index (χ1) is 21.2. The summed E-state index contributed by atoms with van der Waals surface area (Å²) in [6.45, 7) is 2.24. The molecule has 0 saturated carbocycles. The van der Waals surface area contributed by atoms with Gasteiger partial charge < -0.3 is 0 Å². The predicted molar refractivity (Wildman–Crippen MR) is 175 cm³/mol. The monoisotopic (exact) mass is 778 g/mol. The molecule has 2 aromatic rings. The first kappa shape index (κ1) is 35.1.